The van der Waals surface area contributed by atoms with Gasteiger partial charge in [-0.25, -0.2) is 4.98 Å². The molecule has 18 heavy (non-hydrogen) atoms. The molecule has 0 fully saturated rings. The van der Waals surface area contributed by atoms with Crippen LogP contribution in [0.15, 0.2) is 36.5 Å². The predicted molar refractivity (Wildman–Crippen MR) is 69.8 cm³/mol. The van der Waals surface area contributed by atoms with Crippen LogP contribution in [0.25, 0.3) is 0 Å². The first-order valence-electron chi connectivity index (χ1n) is 5.60. The Balaban J connectivity index is 2.16. The smallest absolute Gasteiger partial charge is 0.256 e. The van der Waals surface area contributed by atoms with Crippen LogP contribution >= 0.6 is 0 Å². The van der Waals surface area contributed by atoms with Crippen molar-refractivity contribution >= 4 is 11.7 Å². The molecule has 2 aromatic rings. The molecule has 0 atom stereocenters. The molecule has 4 heteroatoms. The summed E-state index contributed by atoms with van der Waals surface area (Å²) < 4.78 is 0. The van der Waals surface area contributed by atoms with Gasteiger partial charge in [-0.2, -0.15) is 0 Å². The van der Waals surface area contributed by atoms with Gasteiger partial charge in [0.1, 0.15) is 11.6 Å². The molecule has 1 aromatic heterocycles. The van der Waals surface area contributed by atoms with E-state index in [-0.39, 0.29) is 11.7 Å². The highest BCUT2D eigenvalue weighted by Gasteiger charge is 2.08. The lowest BCUT2D eigenvalue weighted by atomic mass is 10.1. The summed E-state index contributed by atoms with van der Waals surface area (Å²) in [5, 5.41) is 12.2. The lowest BCUT2D eigenvalue weighted by molar-refractivity contribution is 0.102. The molecular weight excluding hydrogens is 228 g/mol. The van der Waals surface area contributed by atoms with Crippen molar-refractivity contribution in [1.29, 1.82) is 0 Å². The summed E-state index contributed by atoms with van der Waals surface area (Å²) in [7, 11) is 0. The maximum absolute atomic E-state index is 11.9. The number of anilines is 1. The highest BCUT2D eigenvalue weighted by molar-refractivity contribution is 6.04. The minimum atomic E-state index is -0.290. The molecule has 0 unspecified atom stereocenters. The van der Waals surface area contributed by atoms with Crippen molar-refractivity contribution < 1.29 is 9.90 Å². The first-order valence-corrected chi connectivity index (χ1v) is 5.60. The number of aromatic hydroxyl groups is 1. The van der Waals surface area contributed by atoms with Gasteiger partial charge in [-0.05, 0) is 43.2 Å². The summed E-state index contributed by atoms with van der Waals surface area (Å²) in [4.78, 5) is 16.0. The normalized spacial score (nSPS) is 10.1. The summed E-state index contributed by atoms with van der Waals surface area (Å²) in [5.41, 5.74) is 2.17. The zero-order chi connectivity index (χ0) is 13.1. The van der Waals surface area contributed by atoms with E-state index >= 15 is 0 Å². The Kier molecular flexibility index (Phi) is 3.28. The van der Waals surface area contributed by atoms with E-state index in [2.05, 4.69) is 10.3 Å². The maximum atomic E-state index is 11.9. The molecule has 0 saturated heterocycles. The summed E-state index contributed by atoms with van der Waals surface area (Å²) in [6.07, 6.45) is 1.68. The van der Waals surface area contributed by atoms with E-state index < -0.39 is 0 Å². The van der Waals surface area contributed by atoms with E-state index in [1.54, 1.807) is 31.3 Å². The number of phenolic OH excluding ortho intramolecular Hbond substituents is 1. The van der Waals surface area contributed by atoms with E-state index in [1.807, 2.05) is 13.0 Å². The average Bonchev–Trinajstić information content (AvgIpc) is 2.35. The molecule has 0 spiro atoms. The minimum Gasteiger partial charge on any atom is -0.508 e. The molecule has 1 heterocycles. The van der Waals surface area contributed by atoms with Crippen LogP contribution in [0, 0.1) is 13.8 Å². The van der Waals surface area contributed by atoms with Gasteiger partial charge >= 0.3 is 0 Å². The predicted octanol–water partition coefficient (Wildman–Crippen LogP) is 2.66. The van der Waals surface area contributed by atoms with Gasteiger partial charge in [-0.15, -0.1) is 0 Å². The van der Waals surface area contributed by atoms with E-state index in [0.29, 0.717) is 11.4 Å². The van der Waals surface area contributed by atoms with Gasteiger partial charge in [-0.3, -0.25) is 4.79 Å². The second-order valence-electron chi connectivity index (χ2n) is 4.18. The summed E-state index contributed by atoms with van der Waals surface area (Å²) >= 11 is 0. The second-order valence-corrected chi connectivity index (χ2v) is 4.18. The Labute approximate surface area is 105 Å². The van der Waals surface area contributed by atoms with Crippen molar-refractivity contribution in [3.05, 3.63) is 53.2 Å². The number of hydrogen-bond donors (Lipinski definition) is 2. The molecule has 1 amide bonds. The fourth-order valence-corrected chi connectivity index (χ4v) is 1.48. The number of rotatable bonds is 2. The molecule has 0 aliphatic carbocycles. The quantitative estimate of drug-likeness (QED) is 0.851. The van der Waals surface area contributed by atoms with Crippen LogP contribution in [0.4, 0.5) is 5.82 Å². The SMILES string of the molecule is Cc1ccc(NC(=O)c2ccc(C)c(O)c2)nc1. The number of aryl methyl sites for hydroxylation is 2. The van der Waals surface area contributed by atoms with E-state index in [4.69, 9.17) is 0 Å². The van der Waals surface area contributed by atoms with E-state index in [0.717, 1.165) is 11.1 Å². The molecule has 0 saturated carbocycles. The summed E-state index contributed by atoms with van der Waals surface area (Å²) in [5.74, 6) is 0.312. The van der Waals surface area contributed by atoms with Crippen LogP contribution in [-0.2, 0) is 0 Å². The fourth-order valence-electron chi connectivity index (χ4n) is 1.48. The summed E-state index contributed by atoms with van der Waals surface area (Å²) in [6.45, 7) is 3.70. The number of benzene rings is 1. The third-order valence-electron chi connectivity index (χ3n) is 2.62. The maximum Gasteiger partial charge on any atom is 0.256 e. The van der Waals surface area contributed by atoms with Crippen LogP contribution in [0.3, 0.4) is 0 Å². The first-order chi connectivity index (χ1) is 8.56. The number of carbonyl (C=O) groups is 1. The third kappa shape index (κ3) is 2.66. The highest BCUT2D eigenvalue weighted by atomic mass is 16.3. The topological polar surface area (TPSA) is 62.2 Å². The molecule has 0 aliphatic rings. The van der Waals surface area contributed by atoms with Gasteiger partial charge in [0.05, 0.1) is 0 Å². The Morgan fingerprint density at radius 3 is 2.61 bits per heavy atom. The standard InChI is InChI=1S/C14H14N2O2/c1-9-3-6-13(15-8-9)16-14(18)11-5-4-10(2)12(17)7-11/h3-8,17H,1-2H3,(H,15,16,18). The molecular formula is C14H14N2O2. The van der Waals surface area contributed by atoms with Gasteiger partial charge in [0.25, 0.3) is 5.91 Å². The molecule has 4 nitrogen and oxygen atoms in total. The highest BCUT2D eigenvalue weighted by Crippen LogP contribution is 2.18. The molecule has 2 N–H and O–H groups in total. The van der Waals surface area contributed by atoms with Gasteiger partial charge in [-0.1, -0.05) is 12.1 Å². The lowest BCUT2D eigenvalue weighted by Gasteiger charge is -2.06. The largest absolute Gasteiger partial charge is 0.508 e. The van der Waals surface area contributed by atoms with Crippen molar-refractivity contribution in [2.24, 2.45) is 0 Å². The lowest BCUT2D eigenvalue weighted by Crippen LogP contribution is -2.12. The molecule has 1 aromatic carbocycles. The number of aromatic nitrogens is 1. The average molecular weight is 242 g/mol. The number of amides is 1. The van der Waals surface area contributed by atoms with Crippen LogP contribution in [-0.4, -0.2) is 16.0 Å². The van der Waals surface area contributed by atoms with Crippen molar-refractivity contribution in [2.45, 2.75) is 13.8 Å². The number of hydrogen-bond acceptors (Lipinski definition) is 3. The van der Waals surface area contributed by atoms with Gasteiger partial charge in [0.15, 0.2) is 0 Å². The number of carbonyl (C=O) groups excluding carboxylic acids is 1. The Bertz CT molecular complexity index is 577. The number of phenols is 1. The monoisotopic (exact) mass is 242 g/mol. The molecule has 0 radical (unpaired) electrons. The zero-order valence-electron chi connectivity index (χ0n) is 10.3. The van der Waals surface area contributed by atoms with Gasteiger partial charge in [0.2, 0.25) is 0 Å². The third-order valence-corrected chi connectivity index (χ3v) is 2.62. The van der Waals surface area contributed by atoms with Crippen LogP contribution < -0.4 is 5.32 Å². The molecule has 92 valence electrons. The number of nitrogens with one attached hydrogen (secondary N) is 1. The van der Waals surface area contributed by atoms with Gasteiger partial charge < -0.3 is 10.4 Å². The first kappa shape index (κ1) is 12.1. The summed E-state index contributed by atoms with van der Waals surface area (Å²) in [6, 6.07) is 8.42. The number of pyridine rings is 1. The van der Waals surface area contributed by atoms with Crippen LogP contribution in [0.1, 0.15) is 21.5 Å². The Morgan fingerprint density at radius 1 is 1.22 bits per heavy atom. The van der Waals surface area contributed by atoms with Gasteiger partial charge in [0, 0.05) is 11.8 Å². The molecule has 0 aliphatic heterocycles. The molecule has 0 bridgehead atoms. The van der Waals surface area contributed by atoms with Crippen molar-refractivity contribution in [3.63, 3.8) is 0 Å². The molecule has 2 rings (SSSR count). The van der Waals surface area contributed by atoms with Crippen molar-refractivity contribution in [1.82, 2.24) is 4.98 Å². The van der Waals surface area contributed by atoms with Crippen molar-refractivity contribution in [3.8, 4) is 5.75 Å². The van der Waals surface area contributed by atoms with Crippen LogP contribution in [0.2, 0.25) is 0 Å². The van der Waals surface area contributed by atoms with E-state index in [1.165, 1.54) is 6.07 Å². The zero-order valence-corrected chi connectivity index (χ0v) is 10.3. The number of nitrogens with zero attached hydrogens (tertiary/aromatic N) is 1. The van der Waals surface area contributed by atoms with Crippen molar-refractivity contribution in [2.75, 3.05) is 5.32 Å². The Morgan fingerprint density at radius 2 is 2.00 bits per heavy atom. The van der Waals surface area contributed by atoms with Crippen LogP contribution in [0.5, 0.6) is 5.75 Å². The fraction of sp³-hybridized carbons (Fsp3) is 0.143. The Hall–Kier alpha value is -2.36. The van der Waals surface area contributed by atoms with E-state index in [9.17, 15) is 9.90 Å². The minimum absolute atomic E-state index is 0.111. The second kappa shape index (κ2) is 4.87.